The summed E-state index contributed by atoms with van der Waals surface area (Å²) in [5.41, 5.74) is 0. The molecule has 1 fully saturated rings. The molecular weight excluding hydrogens is 170 g/mol. The first-order valence-electron chi connectivity index (χ1n) is 4.66. The van der Waals surface area contributed by atoms with E-state index in [1.165, 1.54) is 0 Å². The minimum absolute atomic E-state index is 0.0191. The second kappa shape index (κ2) is 4.25. The van der Waals surface area contributed by atoms with Crippen LogP contribution in [0.5, 0.6) is 0 Å². The van der Waals surface area contributed by atoms with Gasteiger partial charge in [0, 0.05) is 5.92 Å². The van der Waals surface area contributed by atoms with E-state index in [9.17, 15) is 9.59 Å². The Kier molecular flexibility index (Phi) is 3.28. The van der Waals surface area contributed by atoms with Crippen LogP contribution < -0.4 is 5.32 Å². The third kappa shape index (κ3) is 2.20. The summed E-state index contributed by atoms with van der Waals surface area (Å²) in [6.45, 7) is 4.06. The highest BCUT2D eigenvalue weighted by Gasteiger charge is 2.35. The Hall–Kier alpha value is -1.06. The van der Waals surface area contributed by atoms with Gasteiger partial charge >= 0.3 is 5.97 Å². The zero-order valence-electron chi connectivity index (χ0n) is 8.00. The van der Waals surface area contributed by atoms with Gasteiger partial charge < -0.3 is 10.1 Å². The van der Waals surface area contributed by atoms with Gasteiger partial charge in [-0.15, -0.1) is 0 Å². The largest absolute Gasteiger partial charge is 0.464 e. The van der Waals surface area contributed by atoms with E-state index in [-0.39, 0.29) is 17.8 Å². The number of carbonyl (C=O) groups excluding carboxylic acids is 2. The topological polar surface area (TPSA) is 55.4 Å². The molecule has 1 N–H and O–H groups in total. The summed E-state index contributed by atoms with van der Waals surface area (Å²) in [7, 11) is 0. The normalized spacial score (nSPS) is 27.1. The van der Waals surface area contributed by atoms with Crippen LogP contribution in [0.15, 0.2) is 0 Å². The quantitative estimate of drug-likeness (QED) is 0.650. The second-order valence-corrected chi connectivity index (χ2v) is 3.15. The van der Waals surface area contributed by atoms with Gasteiger partial charge in [0.1, 0.15) is 6.04 Å². The van der Waals surface area contributed by atoms with Gasteiger partial charge in [-0.1, -0.05) is 6.92 Å². The average Bonchev–Trinajstić information content (AvgIpc) is 2.47. The van der Waals surface area contributed by atoms with Crippen LogP contribution >= 0.6 is 0 Å². The molecule has 1 aliphatic heterocycles. The molecule has 2 atom stereocenters. The average molecular weight is 185 g/mol. The van der Waals surface area contributed by atoms with Gasteiger partial charge in [0.25, 0.3) is 0 Å². The molecule has 1 heterocycles. The van der Waals surface area contributed by atoms with Crippen LogP contribution in [0.4, 0.5) is 0 Å². The van der Waals surface area contributed by atoms with E-state index >= 15 is 0 Å². The molecule has 0 aromatic carbocycles. The standard InChI is InChI=1S/C9H15NO3/c1-3-6-5-7(10-8(6)11)9(12)13-4-2/h6-7H,3-5H2,1-2H3,(H,10,11)/t6?,7-/m0/s1. The van der Waals surface area contributed by atoms with Crippen LogP contribution in [-0.4, -0.2) is 24.5 Å². The van der Waals surface area contributed by atoms with Crippen LogP contribution in [0, 0.1) is 5.92 Å². The molecule has 0 aliphatic carbocycles. The molecule has 1 unspecified atom stereocenters. The highest BCUT2D eigenvalue weighted by Crippen LogP contribution is 2.19. The van der Waals surface area contributed by atoms with Crippen molar-refractivity contribution in [2.24, 2.45) is 5.92 Å². The van der Waals surface area contributed by atoms with Crippen molar-refractivity contribution in [3.63, 3.8) is 0 Å². The molecule has 0 aromatic rings. The van der Waals surface area contributed by atoms with Gasteiger partial charge in [0.15, 0.2) is 0 Å². The predicted octanol–water partition coefficient (Wildman–Crippen LogP) is 0.464. The summed E-state index contributed by atoms with van der Waals surface area (Å²) in [5.74, 6) is -0.359. The number of nitrogens with one attached hydrogen (secondary N) is 1. The Balaban J connectivity index is 2.48. The zero-order valence-corrected chi connectivity index (χ0v) is 8.00. The first-order valence-corrected chi connectivity index (χ1v) is 4.66. The SMILES string of the molecule is CCOC(=O)[C@@H]1CC(CC)C(=O)N1. The summed E-state index contributed by atoms with van der Waals surface area (Å²) < 4.78 is 4.81. The molecule has 13 heavy (non-hydrogen) atoms. The van der Waals surface area contributed by atoms with E-state index in [1.54, 1.807) is 6.92 Å². The lowest BCUT2D eigenvalue weighted by molar-refractivity contribution is -0.145. The molecule has 0 saturated carbocycles. The molecule has 1 amide bonds. The first kappa shape index (κ1) is 10.0. The van der Waals surface area contributed by atoms with Crippen LogP contribution in [0.3, 0.4) is 0 Å². The van der Waals surface area contributed by atoms with Crippen LogP contribution in [0.2, 0.25) is 0 Å². The molecule has 0 bridgehead atoms. The molecular formula is C9H15NO3. The summed E-state index contributed by atoms with van der Waals surface area (Å²) in [5, 5.41) is 2.63. The monoisotopic (exact) mass is 185 g/mol. The number of hydrogen-bond donors (Lipinski definition) is 1. The Morgan fingerprint density at radius 2 is 2.31 bits per heavy atom. The van der Waals surface area contributed by atoms with Gasteiger partial charge in [-0.05, 0) is 19.8 Å². The van der Waals surface area contributed by atoms with E-state index in [1.807, 2.05) is 6.92 Å². The highest BCUT2D eigenvalue weighted by atomic mass is 16.5. The van der Waals surface area contributed by atoms with E-state index in [0.717, 1.165) is 6.42 Å². The third-order valence-electron chi connectivity index (χ3n) is 2.27. The van der Waals surface area contributed by atoms with Crippen LogP contribution in [-0.2, 0) is 14.3 Å². The summed E-state index contributed by atoms with van der Waals surface area (Å²) in [4.78, 5) is 22.4. The number of rotatable bonds is 3. The molecule has 0 aromatic heterocycles. The fraction of sp³-hybridized carbons (Fsp3) is 0.778. The fourth-order valence-corrected chi connectivity index (χ4v) is 1.49. The van der Waals surface area contributed by atoms with Crippen molar-refractivity contribution >= 4 is 11.9 Å². The summed E-state index contributed by atoms with van der Waals surface area (Å²) in [6.07, 6.45) is 1.36. The number of esters is 1. The van der Waals surface area contributed by atoms with Gasteiger partial charge in [-0.25, -0.2) is 4.79 Å². The molecule has 1 saturated heterocycles. The molecule has 74 valence electrons. The van der Waals surface area contributed by atoms with Gasteiger partial charge in [0.05, 0.1) is 6.61 Å². The van der Waals surface area contributed by atoms with Gasteiger partial charge in [-0.2, -0.15) is 0 Å². The molecule has 1 aliphatic rings. The lowest BCUT2D eigenvalue weighted by Gasteiger charge is -2.07. The van der Waals surface area contributed by atoms with Crippen molar-refractivity contribution in [1.29, 1.82) is 0 Å². The van der Waals surface area contributed by atoms with Gasteiger partial charge in [-0.3, -0.25) is 4.79 Å². The Bertz CT molecular complexity index is 215. The highest BCUT2D eigenvalue weighted by molar-refractivity contribution is 5.89. The molecule has 0 radical (unpaired) electrons. The zero-order chi connectivity index (χ0) is 9.84. The fourth-order valence-electron chi connectivity index (χ4n) is 1.49. The Morgan fingerprint density at radius 1 is 1.62 bits per heavy atom. The van der Waals surface area contributed by atoms with Crippen molar-refractivity contribution < 1.29 is 14.3 Å². The maximum absolute atomic E-state index is 11.2. The second-order valence-electron chi connectivity index (χ2n) is 3.15. The lowest BCUT2D eigenvalue weighted by Crippen LogP contribution is -2.34. The molecule has 4 heteroatoms. The maximum atomic E-state index is 11.2. The van der Waals surface area contributed by atoms with Crippen molar-refractivity contribution in [3.05, 3.63) is 0 Å². The third-order valence-corrected chi connectivity index (χ3v) is 2.27. The molecule has 0 spiro atoms. The first-order chi connectivity index (χ1) is 6.19. The number of amides is 1. The van der Waals surface area contributed by atoms with E-state index in [4.69, 9.17) is 4.74 Å². The number of hydrogen-bond acceptors (Lipinski definition) is 3. The predicted molar refractivity (Wildman–Crippen MR) is 47.0 cm³/mol. The van der Waals surface area contributed by atoms with Crippen LogP contribution in [0.25, 0.3) is 0 Å². The van der Waals surface area contributed by atoms with Crippen molar-refractivity contribution in [1.82, 2.24) is 5.32 Å². The van der Waals surface area contributed by atoms with Crippen molar-refractivity contribution in [2.45, 2.75) is 32.7 Å². The summed E-state index contributed by atoms with van der Waals surface area (Å²) in [6, 6.07) is -0.419. The number of ether oxygens (including phenoxy) is 1. The minimum Gasteiger partial charge on any atom is -0.464 e. The van der Waals surface area contributed by atoms with Crippen molar-refractivity contribution in [3.8, 4) is 0 Å². The van der Waals surface area contributed by atoms with E-state index in [0.29, 0.717) is 13.0 Å². The Morgan fingerprint density at radius 3 is 2.77 bits per heavy atom. The lowest BCUT2D eigenvalue weighted by atomic mass is 10.0. The van der Waals surface area contributed by atoms with E-state index in [2.05, 4.69) is 5.32 Å². The number of carbonyl (C=O) groups is 2. The van der Waals surface area contributed by atoms with Crippen LogP contribution in [0.1, 0.15) is 26.7 Å². The molecule has 4 nitrogen and oxygen atoms in total. The smallest absolute Gasteiger partial charge is 0.328 e. The minimum atomic E-state index is -0.419. The van der Waals surface area contributed by atoms with Crippen molar-refractivity contribution in [2.75, 3.05) is 6.61 Å². The summed E-state index contributed by atoms with van der Waals surface area (Å²) >= 11 is 0. The Labute approximate surface area is 77.6 Å². The maximum Gasteiger partial charge on any atom is 0.328 e. The molecule has 1 rings (SSSR count). The van der Waals surface area contributed by atoms with E-state index < -0.39 is 6.04 Å². The van der Waals surface area contributed by atoms with Gasteiger partial charge in [0.2, 0.25) is 5.91 Å².